The zero-order valence-corrected chi connectivity index (χ0v) is 11.3. The molecule has 1 aliphatic rings. The molecular formula is C13H23NO3. The van der Waals surface area contributed by atoms with Crippen LogP contribution in [0.4, 0.5) is 4.79 Å². The SMILES string of the molecule is CC1(C=O)CCCN(C(=O)OC(C)(C)C)CC1. The van der Waals surface area contributed by atoms with Gasteiger partial charge in [0.2, 0.25) is 0 Å². The van der Waals surface area contributed by atoms with Crippen molar-refractivity contribution in [3.05, 3.63) is 0 Å². The van der Waals surface area contributed by atoms with Gasteiger partial charge in [0.15, 0.2) is 0 Å². The first-order chi connectivity index (χ1) is 7.76. The molecule has 0 radical (unpaired) electrons. The maximum atomic E-state index is 11.9. The third kappa shape index (κ3) is 4.36. The average molecular weight is 241 g/mol. The van der Waals surface area contributed by atoms with E-state index in [1.165, 1.54) is 0 Å². The van der Waals surface area contributed by atoms with Crippen molar-refractivity contribution in [3.8, 4) is 0 Å². The Bertz CT molecular complexity index is 296. The molecule has 17 heavy (non-hydrogen) atoms. The van der Waals surface area contributed by atoms with Crippen LogP contribution in [-0.2, 0) is 9.53 Å². The minimum atomic E-state index is -0.461. The summed E-state index contributed by atoms with van der Waals surface area (Å²) in [6.07, 6.45) is 3.17. The number of aldehydes is 1. The minimum Gasteiger partial charge on any atom is -0.444 e. The van der Waals surface area contributed by atoms with Gasteiger partial charge in [0.25, 0.3) is 0 Å². The summed E-state index contributed by atoms with van der Waals surface area (Å²) in [5.41, 5.74) is -0.742. The van der Waals surface area contributed by atoms with Crippen LogP contribution < -0.4 is 0 Å². The largest absolute Gasteiger partial charge is 0.444 e. The first-order valence-electron chi connectivity index (χ1n) is 6.20. The van der Waals surface area contributed by atoms with Gasteiger partial charge in [-0.1, -0.05) is 6.92 Å². The predicted octanol–water partition coefficient (Wildman–Crippen LogP) is 2.61. The van der Waals surface area contributed by atoms with Crippen LogP contribution in [0.3, 0.4) is 0 Å². The third-order valence-electron chi connectivity index (χ3n) is 3.06. The van der Waals surface area contributed by atoms with Crippen LogP contribution in [0.15, 0.2) is 0 Å². The molecule has 4 heteroatoms. The van der Waals surface area contributed by atoms with Crippen molar-refractivity contribution in [2.45, 2.75) is 52.6 Å². The van der Waals surface area contributed by atoms with Gasteiger partial charge in [0.1, 0.15) is 11.9 Å². The molecule has 1 unspecified atom stereocenters. The summed E-state index contributed by atoms with van der Waals surface area (Å²) in [6, 6.07) is 0. The summed E-state index contributed by atoms with van der Waals surface area (Å²) in [5.74, 6) is 0. The number of amides is 1. The molecule has 0 aliphatic carbocycles. The van der Waals surface area contributed by atoms with E-state index in [0.717, 1.165) is 25.5 Å². The normalized spacial score (nSPS) is 26.2. The quantitative estimate of drug-likeness (QED) is 0.663. The first-order valence-corrected chi connectivity index (χ1v) is 6.20. The molecule has 1 saturated heterocycles. The molecule has 98 valence electrons. The highest BCUT2D eigenvalue weighted by atomic mass is 16.6. The number of likely N-dealkylation sites (tertiary alicyclic amines) is 1. The summed E-state index contributed by atoms with van der Waals surface area (Å²) < 4.78 is 5.33. The van der Waals surface area contributed by atoms with E-state index >= 15 is 0 Å². The fourth-order valence-electron chi connectivity index (χ4n) is 1.93. The van der Waals surface area contributed by atoms with Crippen molar-refractivity contribution in [1.29, 1.82) is 0 Å². The molecular weight excluding hydrogens is 218 g/mol. The van der Waals surface area contributed by atoms with E-state index in [4.69, 9.17) is 4.74 Å². The maximum Gasteiger partial charge on any atom is 0.410 e. The van der Waals surface area contributed by atoms with E-state index in [2.05, 4.69) is 0 Å². The van der Waals surface area contributed by atoms with Gasteiger partial charge in [0, 0.05) is 18.5 Å². The lowest BCUT2D eigenvalue weighted by Crippen LogP contribution is -2.37. The van der Waals surface area contributed by atoms with Gasteiger partial charge in [-0.2, -0.15) is 0 Å². The highest BCUT2D eigenvalue weighted by molar-refractivity contribution is 5.68. The second kappa shape index (κ2) is 5.07. The topological polar surface area (TPSA) is 46.6 Å². The molecule has 0 spiro atoms. The molecule has 4 nitrogen and oxygen atoms in total. The lowest BCUT2D eigenvalue weighted by Gasteiger charge is -2.26. The smallest absolute Gasteiger partial charge is 0.410 e. The standard InChI is InChI=1S/C13H23NO3/c1-12(2,3)17-11(16)14-8-5-6-13(4,10-15)7-9-14/h10H,5-9H2,1-4H3. The Morgan fingerprint density at radius 1 is 1.29 bits per heavy atom. The molecule has 0 aromatic heterocycles. The van der Waals surface area contributed by atoms with Crippen LogP contribution in [0.5, 0.6) is 0 Å². The second-order valence-electron chi connectivity index (χ2n) is 6.09. The number of ether oxygens (including phenoxy) is 1. The fourth-order valence-corrected chi connectivity index (χ4v) is 1.93. The van der Waals surface area contributed by atoms with Crippen LogP contribution in [0.2, 0.25) is 0 Å². The van der Waals surface area contributed by atoms with Gasteiger partial charge in [-0.25, -0.2) is 4.79 Å². The Kier molecular flexibility index (Phi) is 4.17. The van der Waals surface area contributed by atoms with Gasteiger partial charge in [-0.15, -0.1) is 0 Å². The Labute approximate surface area is 103 Å². The van der Waals surface area contributed by atoms with E-state index in [1.807, 2.05) is 27.7 Å². The van der Waals surface area contributed by atoms with E-state index in [1.54, 1.807) is 4.90 Å². The Morgan fingerprint density at radius 2 is 1.94 bits per heavy atom. The number of hydrogen-bond acceptors (Lipinski definition) is 3. The highest BCUT2D eigenvalue weighted by Crippen LogP contribution is 2.28. The molecule has 1 atom stereocenters. The van der Waals surface area contributed by atoms with Crippen molar-refractivity contribution >= 4 is 12.4 Å². The summed E-state index contributed by atoms with van der Waals surface area (Å²) >= 11 is 0. The average Bonchev–Trinajstić information content (AvgIpc) is 2.39. The number of hydrogen-bond donors (Lipinski definition) is 0. The van der Waals surface area contributed by atoms with Crippen LogP contribution >= 0.6 is 0 Å². The number of rotatable bonds is 1. The van der Waals surface area contributed by atoms with Gasteiger partial charge in [-0.05, 0) is 40.0 Å². The van der Waals surface area contributed by atoms with Crippen LogP contribution in [0.25, 0.3) is 0 Å². The van der Waals surface area contributed by atoms with E-state index in [0.29, 0.717) is 13.1 Å². The molecule has 1 fully saturated rings. The fraction of sp³-hybridized carbons (Fsp3) is 0.846. The van der Waals surface area contributed by atoms with Crippen LogP contribution in [0.1, 0.15) is 47.0 Å². The molecule has 0 N–H and O–H groups in total. The second-order valence-corrected chi connectivity index (χ2v) is 6.09. The molecule has 0 aromatic rings. The lowest BCUT2D eigenvalue weighted by atomic mass is 9.85. The lowest BCUT2D eigenvalue weighted by molar-refractivity contribution is -0.116. The molecule has 1 aliphatic heterocycles. The summed E-state index contributed by atoms with van der Waals surface area (Å²) in [4.78, 5) is 24.6. The van der Waals surface area contributed by atoms with Gasteiger partial charge < -0.3 is 14.4 Å². The molecule has 1 rings (SSSR count). The Hall–Kier alpha value is -1.06. The highest BCUT2D eigenvalue weighted by Gasteiger charge is 2.30. The van der Waals surface area contributed by atoms with E-state index < -0.39 is 5.60 Å². The van der Waals surface area contributed by atoms with Gasteiger partial charge >= 0.3 is 6.09 Å². The van der Waals surface area contributed by atoms with Crippen molar-refractivity contribution in [1.82, 2.24) is 4.90 Å². The minimum absolute atomic E-state index is 0.271. The molecule has 1 amide bonds. The third-order valence-corrected chi connectivity index (χ3v) is 3.06. The number of nitrogens with zero attached hydrogens (tertiary/aromatic N) is 1. The van der Waals surface area contributed by atoms with Crippen molar-refractivity contribution < 1.29 is 14.3 Å². The maximum absolute atomic E-state index is 11.9. The van der Waals surface area contributed by atoms with E-state index in [9.17, 15) is 9.59 Å². The van der Waals surface area contributed by atoms with Crippen LogP contribution in [-0.4, -0.2) is 36.0 Å². The summed E-state index contributed by atoms with van der Waals surface area (Å²) in [5, 5.41) is 0. The first kappa shape index (κ1) is 14.0. The molecule has 0 bridgehead atoms. The Balaban J connectivity index is 2.57. The van der Waals surface area contributed by atoms with Crippen LogP contribution in [0, 0.1) is 5.41 Å². The Morgan fingerprint density at radius 3 is 2.47 bits per heavy atom. The predicted molar refractivity (Wildman–Crippen MR) is 65.8 cm³/mol. The number of carbonyl (C=O) groups is 2. The summed E-state index contributed by atoms with van der Waals surface area (Å²) in [6.45, 7) is 8.82. The van der Waals surface area contributed by atoms with Gasteiger partial charge in [0.05, 0.1) is 0 Å². The zero-order valence-electron chi connectivity index (χ0n) is 11.3. The molecule has 0 aromatic carbocycles. The van der Waals surface area contributed by atoms with Crippen molar-refractivity contribution in [2.75, 3.05) is 13.1 Å². The van der Waals surface area contributed by atoms with E-state index in [-0.39, 0.29) is 11.5 Å². The van der Waals surface area contributed by atoms with Crippen molar-refractivity contribution in [2.24, 2.45) is 5.41 Å². The zero-order chi connectivity index (χ0) is 13.1. The molecule has 0 saturated carbocycles. The monoisotopic (exact) mass is 241 g/mol. The van der Waals surface area contributed by atoms with Gasteiger partial charge in [-0.3, -0.25) is 0 Å². The molecule has 1 heterocycles. The summed E-state index contributed by atoms with van der Waals surface area (Å²) in [7, 11) is 0. The van der Waals surface area contributed by atoms with Crippen molar-refractivity contribution in [3.63, 3.8) is 0 Å². The number of carbonyl (C=O) groups excluding carboxylic acids is 2.